The van der Waals surface area contributed by atoms with Gasteiger partial charge in [-0.25, -0.2) is 0 Å². The van der Waals surface area contributed by atoms with E-state index in [1.807, 2.05) is 0 Å². The van der Waals surface area contributed by atoms with Crippen molar-refractivity contribution in [3.8, 4) is 0 Å². The predicted molar refractivity (Wildman–Crippen MR) is 71.5 cm³/mol. The first kappa shape index (κ1) is 14.7. The summed E-state index contributed by atoms with van der Waals surface area (Å²) in [6.07, 6.45) is 1.78. The lowest BCUT2D eigenvalue weighted by Crippen LogP contribution is -2.63. The molecule has 1 saturated carbocycles. The molecule has 4 atom stereocenters. The van der Waals surface area contributed by atoms with Gasteiger partial charge in [-0.2, -0.15) is 0 Å². The van der Waals surface area contributed by atoms with E-state index in [0.717, 1.165) is 0 Å². The third kappa shape index (κ3) is 1.97. The zero-order valence-electron chi connectivity index (χ0n) is 12.1. The van der Waals surface area contributed by atoms with Gasteiger partial charge < -0.3 is 15.3 Å². The molecule has 0 saturated heterocycles. The zero-order valence-corrected chi connectivity index (χ0v) is 12.1. The Bertz CT molecular complexity index is 434. The molecule has 1 fully saturated rings. The number of fused-ring (bicyclic) bond motifs is 1. The van der Waals surface area contributed by atoms with Crippen LogP contribution in [0.15, 0.2) is 11.6 Å². The fourth-order valence-electron chi connectivity index (χ4n) is 3.68. The number of carbonyl (C=O) groups excluding carboxylic acids is 1. The van der Waals surface area contributed by atoms with Crippen LogP contribution in [0.5, 0.6) is 0 Å². The lowest BCUT2D eigenvalue weighted by Gasteiger charge is -2.56. The van der Waals surface area contributed by atoms with Crippen molar-refractivity contribution < 1.29 is 20.1 Å². The molecule has 0 aromatic rings. The third-order valence-corrected chi connectivity index (χ3v) is 5.38. The van der Waals surface area contributed by atoms with Crippen LogP contribution in [-0.4, -0.2) is 38.4 Å². The standard InChI is InChI=1S/C15H24O4/c1-9-7-11(16)12(17)14(4)6-5-10(13(2,3)18)8-15(9,14)19/h7,10,12,17-19H,5-6,8H2,1-4H3/t10-,12+,14+,15-/m0/s1. The molecule has 4 nitrogen and oxygen atoms in total. The summed E-state index contributed by atoms with van der Waals surface area (Å²) < 4.78 is 0. The Kier molecular flexibility index (Phi) is 3.20. The third-order valence-electron chi connectivity index (χ3n) is 5.38. The van der Waals surface area contributed by atoms with Crippen LogP contribution in [0.2, 0.25) is 0 Å². The van der Waals surface area contributed by atoms with Crippen LogP contribution in [0.1, 0.15) is 47.0 Å². The topological polar surface area (TPSA) is 77.8 Å². The molecule has 0 spiro atoms. The summed E-state index contributed by atoms with van der Waals surface area (Å²) in [5.74, 6) is -0.374. The fraction of sp³-hybridized carbons (Fsp3) is 0.800. The molecular formula is C15H24O4. The van der Waals surface area contributed by atoms with Gasteiger partial charge >= 0.3 is 0 Å². The number of rotatable bonds is 1. The Hall–Kier alpha value is -0.710. The first-order valence-corrected chi connectivity index (χ1v) is 6.88. The van der Waals surface area contributed by atoms with Crippen molar-refractivity contribution in [1.29, 1.82) is 0 Å². The summed E-state index contributed by atoms with van der Waals surface area (Å²) in [6, 6.07) is 0. The van der Waals surface area contributed by atoms with Crippen LogP contribution in [0.4, 0.5) is 0 Å². The van der Waals surface area contributed by atoms with Crippen LogP contribution in [-0.2, 0) is 4.79 Å². The maximum atomic E-state index is 11.8. The van der Waals surface area contributed by atoms with Crippen LogP contribution in [0.25, 0.3) is 0 Å². The van der Waals surface area contributed by atoms with E-state index in [1.165, 1.54) is 6.08 Å². The molecule has 0 aromatic carbocycles. The second-order valence-corrected chi connectivity index (χ2v) is 7.00. The van der Waals surface area contributed by atoms with E-state index in [0.29, 0.717) is 24.8 Å². The SMILES string of the molecule is CC1=CC(=O)[C@@H](O)[C@@]2(C)CC[C@H](C(C)(C)O)C[C@]12O. The van der Waals surface area contributed by atoms with Gasteiger partial charge in [-0.3, -0.25) is 4.79 Å². The van der Waals surface area contributed by atoms with E-state index < -0.39 is 22.7 Å². The van der Waals surface area contributed by atoms with Crippen molar-refractivity contribution in [2.75, 3.05) is 0 Å². The summed E-state index contributed by atoms with van der Waals surface area (Å²) in [5.41, 5.74) is -2.35. The second kappa shape index (κ2) is 4.14. The van der Waals surface area contributed by atoms with E-state index in [2.05, 4.69) is 0 Å². The number of hydrogen-bond acceptors (Lipinski definition) is 4. The van der Waals surface area contributed by atoms with Crippen molar-refractivity contribution in [3.63, 3.8) is 0 Å². The molecule has 0 heterocycles. The molecule has 4 heteroatoms. The van der Waals surface area contributed by atoms with Crippen molar-refractivity contribution in [2.24, 2.45) is 11.3 Å². The van der Waals surface area contributed by atoms with Gasteiger partial charge in [0.25, 0.3) is 0 Å². The quantitative estimate of drug-likeness (QED) is 0.667. The highest BCUT2D eigenvalue weighted by Crippen LogP contribution is 2.55. The van der Waals surface area contributed by atoms with Gasteiger partial charge in [-0.05, 0) is 57.6 Å². The van der Waals surface area contributed by atoms with E-state index >= 15 is 0 Å². The van der Waals surface area contributed by atoms with E-state index in [9.17, 15) is 20.1 Å². The Morgan fingerprint density at radius 1 is 1.42 bits per heavy atom. The molecule has 0 unspecified atom stereocenters. The summed E-state index contributed by atoms with van der Waals surface area (Å²) >= 11 is 0. The first-order chi connectivity index (χ1) is 8.52. The summed E-state index contributed by atoms with van der Waals surface area (Å²) in [6.45, 7) is 6.99. The minimum atomic E-state index is -1.22. The number of carbonyl (C=O) groups is 1. The van der Waals surface area contributed by atoms with Gasteiger partial charge in [-0.15, -0.1) is 0 Å². The number of aliphatic hydroxyl groups is 3. The maximum absolute atomic E-state index is 11.8. The van der Waals surface area contributed by atoms with E-state index in [-0.39, 0.29) is 11.7 Å². The summed E-state index contributed by atoms with van der Waals surface area (Å²) in [4.78, 5) is 11.8. The molecule has 108 valence electrons. The van der Waals surface area contributed by atoms with Crippen LogP contribution in [0, 0.1) is 11.3 Å². The number of hydrogen-bond donors (Lipinski definition) is 3. The van der Waals surface area contributed by atoms with Crippen LogP contribution in [0.3, 0.4) is 0 Å². The smallest absolute Gasteiger partial charge is 0.184 e. The monoisotopic (exact) mass is 268 g/mol. The van der Waals surface area contributed by atoms with Crippen molar-refractivity contribution in [1.82, 2.24) is 0 Å². The molecule has 0 aromatic heterocycles. The maximum Gasteiger partial charge on any atom is 0.184 e. The summed E-state index contributed by atoms with van der Waals surface area (Å²) in [5, 5.41) is 31.4. The van der Waals surface area contributed by atoms with Gasteiger partial charge in [0.15, 0.2) is 5.78 Å². The molecule has 2 rings (SSSR count). The zero-order chi connectivity index (χ0) is 14.6. The Labute approximate surface area is 114 Å². The first-order valence-electron chi connectivity index (χ1n) is 6.88. The van der Waals surface area contributed by atoms with E-state index in [1.54, 1.807) is 27.7 Å². The van der Waals surface area contributed by atoms with Gasteiger partial charge in [0.05, 0.1) is 11.2 Å². The fourth-order valence-corrected chi connectivity index (χ4v) is 3.68. The molecule has 2 aliphatic carbocycles. The molecule has 0 amide bonds. The molecule has 0 aliphatic heterocycles. The van der Waals surface area contributed by atoms with Crippen molar-refractivity contribution >= 4 is 5.78 Å². The number of aliphatic hydroxyl groups excluding tert-OH is 1. The van der Waals surface area contributed by atoms with Crippen LogP contribution >= 0.6 is 0 Å². The van der Waals surface area contributed by atoms with E-state index in [4.69, 9.17) is 0 Å². The van der Waals surface area contributed by atoms with Crippen molar-refractivity contribution in [3.05, 3.63) is 11.6 Å². The highest BCUT2D eigenvalue weighted by molar-refractivity contribution is 5.96. The summed E-state index contributed by atoms with van der Waals surface area (Å²) in [7, 11) is 0. The lowest BCUT2D eigenvalue weighted by atomic mass is 9.52. The molecule has 2 aliphatic rings. The minimum absolute atomic E-state index is 0.0469. The average molecular weight is 268 g/mol. The molecular weight excluding hydrogens is 244 g/mol. The highest BCUT2D eigenvalue weighted by atomic mass is 16.3. The molecule has 3 N–H and O–H groups in total. The van der Waals surface area contributed by atoms with Crippen molar-refractivity contribution in [2.45, 2.75) is 64.3 Å². The average Bonchev–Trinajstić information content (AvgIpc) is 2.28. The molecule has 0 radical (unpaired) electrons. The van der Waals surface area contributed by atoms with Gasteiger partial charge in [0, 0.05) is 5.41 Å². The highest BCUT2D eigenvalue weighted by Gasteiger charge is 2.60. The minimum Gasteiger partial charge on any atom is -0.390 e. The molecule has 19 heavy (non-hydrogen) atoms. The molecule has 0 bridgehead atoms. The van der Waals surface area contributed by atoms with Gasteiger partial charge in [0.1, 0.15) is 6.10 Å². The second-order valence-electron chi connectivity index (χ2n) is 7.00. The normalized spacial score (nSPS) is 43.7. The van der Waals surface area contributed by atoms with Gasteiger partial charge in [0.2, 0.25) is 0 Å². The Morgan fingerprint density at radius 3 is 2.53 bits per heavy atom. The van der Waals surface area contributed by atoms with Crippen LogP contribution < -0.4 is 0 Å². The Balaban J connectivity index is 2.45. The largest absolute Gasteiger partial charge is 0.390 e. The predicted octanol–water partition coefficient (Wildman–Crippen LogP) is 1.18. The number of ketones is 1. The Morgan fingerprint density at radius 2 is 2.00 bits per heavy atom. The van der Waals surface area contributed by atoms with Gasteiger partial charge in [-0.1, -0.05) is 6.92 Å². The lowest BCUT2D eigenvalue weighted by molar-refractivity contribution is -0.179.